The minimum Gasteiger partial charge on any atom is -0.486 e. The van der Waals surface area contributed by atoms with Gasteiger partial charge in [0.1, 0.15) is 18.2 Å². The topological polar surface area (TPSA) is 48.1 Å². The first-order valence-electron chi connectivity index (χ1n) is 5.23. The third-order valence-electron chi connectivity index (χ3n) is 2.18. The van der Waals surface area contributed by atoms with E-state index in [4.69, 9.17) is 10.5 Å². The second-order valence-corrected chi connectivity index (χ2v) is 4.77. The maximum absolute atomic E-state index is 13.1. The van der Waals surface area contributed by atoms with Gasteiger partial charge in [-0.15, -0.1) is 11.3 Å². The Morgan fingerprint density at radius 3 is 3.18 bits per heavy atom. The van der Waals surface area contributed by atoms with Crippen molar-refractivity contribution in [3.8, 4) is 5.75 Å². The molecule has 1 aromatic carbocycles. The van der Waals surface area contributed by atoms with Crippen LogP contribution in [0.3, 0.4) is 0 Å². The van der Waals surface area contributed by atoms with Crippen LogP contribution < -0.4 is 10.5 Å². The summed E-state index contributed by atoms with van der Waals surface area (Å²) in [6, 6.07) is 5.53. The second kappa shape index (κ2) is 5.25. The van der Waals surface area contributed by atoms with E-state index >= 15 is 0 Å². The molecule has 0 aliphatic carbocycles. The molecular weight excluding hydrogens is 239 g/mol. The van der Waals surface area contributed by atoms with Crippen LogP contribution in [-0.4, -0.2) is 18.1 Å². The first kappa shape index (κ1) is 12.0. The lowest BCUT2D eigenvalue weighted by molar-refractivity contribution is 0.318. The largest absolute Gasteiger partial charge is 0.486 e. The van der Waals surface area contributed by atoms with Gasteiger partial charge in [0.25, 0.3) is 0 Å². The minimum absolute atomic E-state index is 0.0828. The van der Waals surface area contributed by atoms with Crippen molar-refractivity contribution in [3.63, 3.8) is 0 Å². The number of nitrogens with zero attached hydrogens (tertiary/aromatic N) is 1. The molecule has 0 unspecified atom stereocenters. The second-order valence-electron chi connectivity index (χ2n) is 3.54. The highest BCUT2D eigenvalue weighted by Gasteiger charge is 2.03. The summed E-state index contributed by atoms with van der Waals surface area (Å²) < 4.78 is 19.4. The average molecular weight is 252 g/mol. The molecular formula is C12H13FN2OS. The van der Waals surface area contributed by atoms with Gasteiger partial charge in [-0.05, 0) is 31.2 Å². The van der Waals surface area contributed by atoms with Crippen LogP contribution >= 0.6 is 11.3 Å². The molecule has 0 atom stereocenters. The summed E-state index contributed by atoms with van der Waals surface area (Å²) in [4.78, 5) is 4.34. The number of hydrogen-bond donors (Lipinski definition) is 1. The first-order chi connectivity index (χ1) is 8.19. The van der Waals surface area contributed by atoms with Gasteiger partial charge >= 0.3 is 0 Å². The lowest BCUT2D eigenvalue weighted by Gasteiger charge is -2.03. The Morgan fingerprint density at radius 1 is 1.59 bits per heavy atom. The van der Waals surface area contributed by atoms with Gasteiger partial charge in [0.15, 0.2) is 0 Å². The van der Waals surface area contributed by atoms with E-state index in [9.17, 15) is 4.39 Å². The Labute approximate surface area is 103 Å². The molecule has 2 N–H and O–H groups in total. The Bertz CT molecular complexity index is 550. The fraction of sp³-hybridized carbons (Fsp3) is 0.250. The van der Waals surface area contributed by atoms with E-state index in [1.165, 1.54) is 6.08 Å². The van der Waals surface area contributed by atoms with Crippen LogP contribution in [0.1, 0.15) is 5.01 Å². The van der Waals surface area contributed by atoms with Crippen LogP contribution in [0.5, 0.6) is 5.75 Å². The number of rotatable bonds is 4. The molecule has 0 aliphatic heterocycles. The van der Waals surface area contributed by atoms with Crippen molar-refractivity contribution in [2.24, 2.45) is 5.73 Å². The van der Waals surface area contributed by atoms with Gasteiger partial charge in [-0.1, -0.05) is 0 Å². The SMILES string of the molecule is Cc1nc2ccc(OC/C(F)=C\CN)cc2s1. The summed E-state index contributed by atoms with van der Waals surface area (Å²) in [5.41, 5.74) is 6.14. The van der Waals surface area contributed by atoms with Crippen molar-refractivity contribution in [3.05, 3.63) is 35.1 Å². The number of ether oxygens (including phenoxy) is 1. The monoisotopic (exact) mass is 252 g/mol. The summed E-state index contributed by atoms with van der Waals surface area (Å²) in [5.74, 6) is 0.287. The molecule has 0 spiro atoms. The third-order valence-corrected chi connectivity index (χ3v) is 3.12. The molecule has 0 aliphatic rings. The smallest absolute Gasteiger partial charge is 0.139 e. The summed E-state index contributed by atoms with van der Waals surface area (Å²) in [7, 11) is 0. The molecule has 2 rings (SSSR count). The van der Waals surface area contributed by atoms with Crippen molar-refractivity contribution in [2.75, 3.05) is 13.2 Å². The molecule has 0 radical (unpaired) electrons. The van der Waals surface area contributed by atoms with Crippen LogP contribution in [0.25, 0.3) is 10.2 Å². The first-order valence-corrected chi connectivity index (χ1v) is 6.05. The number of aromatic nitrogens is 1. The maximum atomic E-state index is 13.1. The van der Waals surface area contributed by atoms with Crippen LogP contribution in [0, 0.1) is 6.92 Å². The van der Waals surface area contributed by atoms with Crippen LogP contribution in [0.4, 0.5) is 4.39 Å². The number of hydrogen-bond acceptors (Lipinski definition) is 4. The van der Waals surface area contributed by atoms with Crippen molar-refractivity contribution >= 4 is 21.6 Å². The van der Waals surface area contributed by atoms with E-state index < -0.39 is 0 Å². The van der Waals surface area contributed by atoms with Gasteiger partial charge < -0.3 is 10.5 Å². The third kappa shape index (κ3) is 3.01. The Morgan fingerprint density at radius 2 is 2.41 bits per heavy atom. The van der Waals surface area contributed by atoms with E-state index in [0.717, 1.165) is 15.2 Å². The van der Waals surface area contributed by atoms with Crippen LogP contribution in [-0.2, 0) is 0 Å². The Balaban J connectivity index is 2.11. The van der Waals surface area contributed by atoms with E-state index in [-0.39, 0.29) is 19.0 Å². The molecule has 1 heterocycles. The van der Waals surface area contributed by atoms with Gasteiger partial charge in [0, 0.05) is 6.54 Å². The fourth-order valence-corrected chi connectivity index (χ4v) is 2.30. The zero-order valence-corrected chi connectivity index (χ0v) is 10.3. The number of thiazole rings is 1. The van der Waals surface area contributed by atoms with Crippen LogP contribution in [0.2, 0.25) is 0 Å². The van der Waals surface area contributed by atoms with Crippen LogP contribution in [0.15, 0.2) is 30.1 Å². The molecule has 2 aromatic rings. The number of benzene rings is 1. The highest BCUT2D eigenvalue weighted by Crippen LogP contribution is 2.26. The lowest BCUT2D eigenvalue weighted by atomic mass is 10.3. The quantitative estimate of drug-likeness (QED) is 0.910. The zero-order valence-electron chi connectivity index (χ0n) is 9.44. The summed E-state index contributed by atoms with van der Waals surface area (Å²) in [5, 5.41) is 1.01. The average Bonchev–Trinajstić information content (AvgIpc) is 2.66. The van der Waals surface area contributed by atoms with Gasteiger partial charge in [-0.2, -0.15) is 0 Å². The van der Waals surface area contributed by atoms with Gasteiger partial charge in [-0.3, -0.25) is 0 Å². The minimum atomic E-state index is -0.354. The summed E-state index contributed by atoms with van der Waals surface area (Å²) in [6.07, 6.45) is 1.30. The molecule has 1 aromatic heterocycles. The molecule has 0 saturated carbocycles. The number of halogens is 1. The Kier molecular flexibility index (Phi) is 3.71. The number of nitrogens with two attached hydrogens (primary N) is 1. The van der Waals surface area contributed by atoms with E-state index in [1.54, 1.807) is 17.4 Å². The van der Waals surface area contributed by atoms with Crippen molar-refractivity contribution in [2.45, 2.75) is 6.92 Å². The van der Waals surface area contributed by atoms with Crippen molar-refractivity contribution in [1.29, 1.82) is 0 Å². The van der Waals surface area contributed by atoms with Gasteiger partial charge in [0.05, 0.1) is 15.2 Å². The molecule has 90 valence electrons. The molecule has 0 bridgehead atoms. The number of aryl methyl sites for hydroxylation is 1. The van der Waals surface area contributed by atoms with Gasteiger partial charge in [0.2, 0.25) is 0 Å². The molecule has 0 saturated heterocycles. The predicted octanol–water partition coefficient (Wildman–Crippen LogP) is 2.80. The lowest BCUT2D eigenvalue weighted by Crippen LogP contribution is -2.01. The summed E-state index contributed by atoms with van der Waals surface area (Å²) >= 11 is 1.59. The summed E-state index contributed by atoms with van der Waals surface area (Å²) in [6.45, 7) is 2.05. The standard InChI is InChI=1S/C12H13FN2OS/c1-8-15-11-3-2-10(6-12(11)17-8)16-7-9(13)4-5-14/h2-4,6H,5,7,14H2,1H3/b9-4+. The molecule has 0 fully saturated rings. The van der Waals surface area contributed by atoms with Crippen molar-refractivity contribution < 1.29 is 9.13 Å². The highest BCUT2D eigenvalue weighted by atomic mass is 32.1. The molecule has 5 heteroatoms. The van der Waals surface area contributed by atoms with Gasteiger partial charge in [-0.25, -0.2) is 9.37 Å². The molecule has 0 amide bonds. The van der Waals surface area contributed by atoms with E-state index in [1.807, 2.05) is 19.1 Å². The van der Waals surface area contributed by atoms with E-state index in [2.05, 4.69) is 4.98 Å². The number of fused-ring (bicyclic) bond motifs is 1. The highest BCUT2D eigenvalue weighted by molar-refractivity contribution is 7.18. The normalized spacial score (nSPS) is 12.1. The van der Waals surface area contributed by atoms with Crippen molar-refractivity contribution in [1.82, 2.24) is 4.98 Å². The fourth-order valence-electron chi connectivity index (χ4n) is 1.45. The predicted molar refractivity (Wildman–Crippen MR) is 68.1 cm³/mol. The maximum Gasteiger partial charge on any atom is 0.139 e. The molecule has 3 nitrogen and oxygen atoms in total. The zero-order chi connectivity index (χ0) is 12.3. The van der Waals surface area contributed by atoms with E-state index in [0.29, 0.717) is 5.75 Å². The Hall–Kier alpha value is -1.46. The molecule has 17 heavy (non-hydrogen) atoms.